The Morgan fingerprint density at radius 1 is 1.00 bits per heavy atom. The van der Waals surface area contributed by atoms with Crippen molar-refractivity contribution in [2.45, 2.75) is 56.8 Å². The summed E-state index contributed by atoms with van der Waals surface area (Å²) in [6, 6.07) is 14.5. The van der Waals surface area contributed by atoms with Crippen LogP contribution in [0.1, 0.15) is 50.7 Å². The quantitative estimate of drug-likeness (QED) is 0.593. The van der Waals surface area contributed by atoms with Gasteiger partial charge in [-0.3, -0.25) is 4.79 Å². The standard InChI is InChI=1S/C24H27NO3S/c1-17-12-14-18(15-13-17)29(27,28)25-16-21(19-8-4-6-10-22(19)25)24(2,3)20-9-5-7-11-23(20)26/h4,6,8,10,12-16,20H,5,7,9,11H2,1-3H3. The minimum absolute atomic E-state index is 0.0856. The van der Waals surface area contributed by atoms with Crippen LogP contribution in [0, 0.1) is 12.8 Å². The summed E-state index contributed by atoms with van der Waals surface area (Å²) in [6.45, 7) is 6.08. The molecule has 1 aliphatic carbocycles. The van der Waals surface area contributed by atoms with Crippen LogP contribution in [0.5, 0.6) is 0 Å². The Kier molecular flexibility index (Phi) is 4.89. The molecule has 1 atom stereocenters. The number of Topliss-reactive ketones (excluding diaryl/α,β-unsaturated/α-hetero) is 1. The van der Waals surface area contributed by atoms with Gasteiger partial charge < -0.3 is 0 Å². The number of carbonyl (C=O) groups excluding carboxylic acids is 1. The summed E-state index contributed by atoms with van der Waals surface area (Å²) < 4.78 is 28.3. The topological polar surface area (TPSA) is 56.1 Å². The van der Waals surface area contributed by atoms with Crippen molar-refractivity contribution < 1.29 is 13.2 Å². The van der Waals surface area contributed by atoms with E-state index in [9.17, 15) is 13.2 Å². The van der Waals surface area contributed by atoms with Gasteiger partial charge in [0.1, 0.15) is 5.78 Å². The number of benzene rings is 2. The molecule has 0 saturated heterocycles. The summed E-state index contributed by atoms with van der Waals surface area (Å²) >= 11 is 0. The Hall–Kier alpha value is -2.40. The second-order valence-electron chi connectivity index (χ2n) is 8.66. The van der Waals surface area contributed by atoms with Crippen LogP contribution in [0.3, 0.4) is 0 Å². The summed E-state index contributed by atoms with van der Waals surface area (Å²) in [5, 5.41) is 0.895. The van der Waals surface area contributed by atoms with Gasteiger partial charge in [0.25, 0.3) is 10.0 Å². The second kappa shape index (κ2) is 7.13. The largest absolute Gasteiger partial charge is 0.299 e. The monoisotopic (exact) mass is 409 g/mol. The number of aryl methyl sites for hydroxylation is 1. The minimum atomic E-state index is -3.73. The lowest BCUT2D eigenvalue weighted by Gasteiger charge is -2.35. The highest BCUT2D eigenvalue weighted by atomic mass is 32.2. The maximum atomic E-state index is 13.4. The van der Waals surface area contributed by atoms with Gasteiger partial charge in [0.2, 0.25) is 0 Å². The zero-order chi connectivity index (χ0) is 20.8. The predicted octanol–water partition coefficient (Wildman–Crippen LogP) is 5.22. The minimum Gasteiger partial charge on any atom is -0.299 e. The van der Waals surface area contributed by atoms with E-state index in [2.05, 4.69) is 13.8 Å². The van der Waals surface area contributed by atoms with E-state index in [1.165, 1.54) is 3.97 Å². The SMILES string of the molecule is Cc1ccc(S(=O)(=O)n2cc(C(C)(C)C3CCCCC3=O)c3ccccc32)cc1. The number of nitrogens with zero attached hydrogens (tertiary/aromatic N) is 1. The molecule has 152 valence electrons. The highest BCUT2D eigenvalue weighted by Gasteiger charge is 2.40. The normalized spacial score (nSPS) is 18.3. The first-order valence-corrected chi connectivity index (χ1v) is 11.6. The molecule has 1 aliphatic rings. The number of para-hydroxylation sites is 1. The number of fused-ring (bicyclic) bond motifs is 1. The van der Waals surface area contributed by atoms with Crippen molar-refractivity contribution in [2.75, 3.05) is 0 Å². The number of carbonyl (C=O) groups is 1. The highest BCUT2D eigenvalue weighted by Crippen LogP contribution is 2.43. The molecule has 5 heteroatoms. The van der Waals surface area contributed by atoms with Crippen LogP contribution in [-0.2, 0) is 20.2 Å². The van der Waals surface area contributed by atoms with Crippen molar-refractivity contribution >= 4 is 26.7 Å². The zero-order valence-electron chi connectivity index (χ0n) is 17.2. The maximum absolute atomic E-state index is 13.4. The molecule has 2 aromatic carbocycles. The molecule has 29 heavy (non-hydrogen) atoms. The van der Waals surface area contributed by atoms with Gasteiger partial charge in [-0.1, -0.05) is 56.2 Å². The van der Waals surface area contributed by atoms with Crippen LogP contribution in [0.4, 0.5) is 0 Å². The van der Waals surface area contributed by atoms with Crippen LogP contribution in [-0.4, -0.2) is 18.2 Å². The fourth-order valence-corrected chi connectivity index (χ4v) is 5.99. The average molecular weight is 410 g/mol. The summed E-state index contributed by atoms with van der Waals surface area (Å²) in [6.07, 6.45) is 5.21. The molecule has 0 radical (unpaired) electrons. The maximum Gasteiger partial charge on any atom is 0.268 e. The Morgan fingerprint density at radius 2 is 1.69 bits per heavy atom. The molecule has 1 saturated carbocycles. The number of rotatable bonds is 4. The lowest BCUT2D eigenvalue weighted by Crippen LogP contribution is -2.36. The molecule has 0 N–H and O–H groups in total. The van der Waals surface area contributed by atoms with Gasteiger partial charge in [0.15, 0.2) is 0 Å². The van der Waals surface area contributed by atoms with Crippen LogP contribution < -0.4 is 0 Å². The van der Waals surface area contributed by atoms with Crippen LogP contribution in [0.15, 0.2) is 59.6 Å². The third kappa shape index (κ3) is 3.31. The molecule has 0 amide bonds. The van der Waals surface area contributed by atoms with Gasteiger partial charge in [-0.25, -0.2) is 12.4 Å². The zero-order valence-corrected chi connectivity index (χ0v) is 18.0. The molecule has 1 unspecified atom stereocenters. The molecule has 1 fully saturated rings. The molecular formula is C24H27NO3S. The third-order valence-corrected chi connectivity index (χ3v) is 8.06. The third-order valence-electron chi connectivity index (χ3n) is 6.38. The fourth-order valence-electron chi connectivity index (χ4n) is 4.62. The molecule has 0 spiro atoms. The average Bonchev–Trinajstić information content (AvgIpc) is 3.10. The van der Waals surface area contributed by atoms with Crippen molar-refractivity contribution in [1.29, 1.82) is 0 Å². The number of aromatic nitrogens is 1. The molecular weight excluding hydrogens is 382 g/mol. The van der Waals surface area contributed by atoms with Crippen molar-refractivity contribution in [3.63, 3.8) is 0 Å². The molecule has 4 rings (SSSR count). The van der Waals surface area contributed by atoms with Gasteiger partial charge in [0.05, 0.1) is 10.4 Å². The van der Waals surface area contributed by atoms with E-state index in [4.69, 9.17) is 0 Å². The predicted molar refractivity (Wildman–Crippen MR) is 116 cm³/mol. The van der Waals surface area contributed by atoms with Gasteiger partial charge in [-0.2, -0.15) is 0 Å². The smallest absolute Gasteiger partial charge is 0.268 e. The van der Waals surface area contributed by atoms with Gasteiger partial charge >= 0.3 is 0 Å². The van der Waals surface area contributed by atoms with E-state index < -0.39 is 15.4 Å². The highest BCUT2D eigenvalue weighted by molar-refractivity contribution is 7.90. The molecule has 0 aliphatic heterocycles. The summed E-state index contributed by atoms with van der Waals surface area (Å²) in [5.41, 5.74) is 2.15. The summed E-state index contributed by atoms with van der Waals surface area (Å²) in [4.78, 5) is 12.9. The molecule has 4 nitrogen and oxygen atoms in total. The van der Waals surface area contributed by atoms with Gasteiger partial charge in [-0.05, 0) is 43.5 Å². The lowest BCUT2D eigenvalue weighted by atomic mass is 9.67. The molecule has 0 bridgehead atoms. The first-order chi connectivity index (χ1) is 13.7. The Labute approximate surface area is 172 Å². The van der Waals surface area contributed by atoms with E-state index in [0.717, 1.165) is 35.8 Å². The first-order valence-electron chi connectivity index (χ1n) is 10.2. The lowest BCUT2D eigenvalue weighted by molar-refractivity contribution is -0.126. The summed E-state index contributed by atoms with van der Waals surface area (Å²) in [5.74, 6) is 0.206. The van der Waals surface area contributed by atoms with Crippen molar-refractivity contribution in [3.05, 3.63) is 65.9 Å². The fraction of sp³-hybridized carbons (Fsp3) is 0.375. The van der Waals surface area contributed by atoms with E-state index in [1.807, 2.05) is 43.3 Å². The van der Waals surface area contributed by atoms with Crippen molar-refractivity contribution in [2.24, 2.45) is 5.92 Å². The Balaban J connectivity index is 1.90. The van der Waals surface area contributed by atoms with E-state index in [-0.39, 0.29) is 10.8 Å². The first kappa shape index (κ1) is 19.9. The molecule has 1 heterocycles. The van der Waals surface area contributed by atoms with Gasteiger partial charge in [0, 0.05) is 29.3 Å². The summed E-state index contributed by atoms with van der Waals surface area (Å²) in [7, 11) is -3.73. The van der Waals surface area contributed by atoms with Crippen LogP contribution in [0.2, 0.25) is 0 Å². The van der Waals surface area contributed by atoms with E-state index in [1.54, 1.807) is 18.3 Å². The number of ketones is 1. The number of hydrogen-bond acceptors (Lipinski definition) is 3. The van der Waals surface area contributed by atoms with E-state index in [0.29, 0.717) is 17.7 Å². The van der Waals surface area contributed by atoms with Crippen molar-refractivity contribution in [3.8, 4) is 0 Å². The number of hydrogen-bond donors (Lipinski definition) is 0. The van der Waals surface area contributed by atoms with Gasteiger partial charge in [-0.15, -0.1) is 0 Å². The van der Waals surface area contributed by atoms with Crippen LogP contribution >= 0.6 is 0 Å². The second-order valence-corrected chi connectivity index (χ2v) is 10.5. The molecule has 1 aromatic heterocycles. The Morgan fingerprint density at radius 3 is 2.38 bits per heavy atom. The van der Waals surface area contributed by atoms with E-state index >= 15 is 0 Å². The Bertz CT molecular complexity index is 1170. The van der Waals surface area contributed by atoms with Crippen molar-refractivity contribution in [1.82, 2.24) is 3.97 Å². The molecule has 3 aromatic rings. The van der Waals surface area contributed by atoms with Crippen LogP contribution in [0.25, 0.3) is 10.9 Å².